The van der Waals surface area contributed by atoms with E-state index >= 15 is 0 Å². The van der Waals surface area contributed by atoms with E-state index in [2.05, 4.69) is 5.32 Å². The number of nitrogens with two attached hydrogens (primary N) is 2. The zero-order valence-corrected chi connectivity index (χ0v) is 12.4. The van der Waals surface area contributed by atoms with Gasteiger partial charge in [-0.2, -0.15) is 0 Å². The summed E-state index contributed by atoms with van der Waals surface area (Å²) in [5, 5.41) is 3.46. The number of hydrogen-bond acceptors (Lipinski definition) is 3. The summed E-state index contributed by atoms with van der Waals surface area (Å²) >= 11 is 17.8. The molecular weight excluding hydrogens is 321 g/mol. The summed E-state index contributed by atoms with van der Waals surface area (Å²) in [6.45, 7) is 0. The summed E-state index contributed by atoms with van der Waals surface area (Å²) in [4.78, 5) is 12.2. The molecule has 4 nitrogen and oxygen atoms in total. The second kappa shape index (κ2) is 5.79. The maximum atomic E-state index is 12.2. The summed E-state index contributed by atoms with van der Waals surface area (Å²) in [6.07, 6.45) is 0. The van der Waals surface area contributed by atoms with Crippen molar-refractivity contribution >= 4 is 57.8 Å². The molecule has 0 bridgehead atoms. The number of hydrogen-bond donors (Lipinski definition) is 3. The van der Waals surface area contributed by atoms with E-state index in [4.69, 9.17) is 46.3 Å². The third-order valence-electron chi connectivity index (χ3n) is 2.57. The molecule has 0 unspecified atom stereocenters. The van der Waals surface area contributed by atoms with Gasteiger partial charge in [0.15, 0.2) is 0 Å². The van der Waals surface area contributed by atoms with E-state index in [9.17, 15) is 4.79 Å². The van der Waals surface area contributed by atoms with Crippen LogP contribution in [-0.2, 0) is 0 Å². The van der Waals surface area contributed by atoms with Gasteiger partial charge in [0.05, 0.1) is 21.3 Å². The first kappa shape index (κ1) is 14.8. The topological polar surface area (TPSA) is 81.1 Å². The van der Waals surface area contributed by atoms with Gasteiger partial charge in [-0.1, -0.05) is 34.8 Å². The second-order valence-corrected chi connectivity index (χ2v) is 5.30. The number of rotatable bonds is 2. The van der Waals surface area contributed by atoms with Gasteiger partial charge in [0.2, 0.25) is 0 Å². The summed E-state index contributed by atoms with van der Waals surface area (Å²) in [5.74, 6) is -0.436. The molecule has 0 aliphatic heterocycles. The summed E-state index contributed by atoms with van der Waals surface area (Å²) < 4.78 is 0. The first-order valence-corrected chi connectivity index (χ1v) is 6.63. The smallest absolute Gasteiger partial charge is 0.257 e. The maximum absolute atomic E-state index is 12.2. The van der Waals surface area contributed by atoms with E-state index in [0.717, 1.165) is 0 Å². The summed E-state index contributed by atoms with van der Waals surface area (Å²) in [5.41, 5.74) is 12.6. The minimum atomic E-state index is -0.436. The zero-order chi connectivity index (χ0) is 14.9. The number of carbonyl (C=O) groups is 1. The molecular formula is C13H10Cl3N3O. The van der Waals surface area contributed by atoms with Gasteiger partial charge in [0.1, 0.15) is 0 Å². The second-order valence-electron chi connectivity index (χ2n) is 4.05. The number of halogens is 3. The van der Waals surface area contributed by atoms with E-state index in [1.807, 2.05) is 0 Å². The van der Waals surface area contributed by atoms with Crippen molar-refractivity contribution in [2.45, 2.75) is 0 Å². The Labute approximate surface area is 130 Å². The summed E-state index contributed by atoms with van der Waals surface area (Å²) in [6, 6.07) is 7.57. The van der Waals surface area contributed by atoms with Crippen molar-refractivity contribution < 1.29 is 4.79 Å². The van der Waals surface area contributed by atoms with E-state index in [-0.39, 0.29) is 27.0 Å². The molecule has 0 fully saturated rings. The highest BCUT2D eigenvalue weighted by atomic mass is 35.5. The molecule has 0 aromatic heterocycles. The lowest BCUT2D eigenvalue weighted by atomic mass is 10.1. The van der Waals surface area contributed by atoms with Gasteiger partial charge in [-0.15, -0.1) is 0 Å². The normalized spacial score (nSPS) is 10.3. The Hall–Kier alpha value is -1.62. The minimum absolute atomic E-state index is 0.241. The van der Waals surface area contributed by atoms with Gasteiger partial charge in [0, 0.05) is 16.4 Å². The molecule has 104 valence electrons. The molecule has 0 saturated carbocycles. The van der Waals surface area contributed by atoms with E-state index < -0.39 is 5.91 Å². The van der Waals surface area contributed by atoms with Crippen LogP contribution in [0.1, 0.15) is 10.4 Å². The fraction of sp³-hybridized carbons (Fsp3) is 0. The van der Waals surface area contributed by atoms with Crippen LogP contribution in [0.25, 0.3) is 0 Å². The van der Waals surface area contributed by atoms with Crippen LogP contribution in [0.3, 0.4) is 0 Å². The van der Waals surface area contributed by atoms with Crippen LogP contribution < -0.4 is 16.8 Å². The first-order valence-electron chi connectivity index (χ1n) is 5.49. The van der Waals surface area contributed by atoms with Gasteiger partial charge in [-0.25, -0.2) is 0 Å². The number of nitrogens with one attached hydrogen (secondary N) is 1. The Kier molecular flexibility index (Phi) is 4.28. The lowest BCUT2D eigenvalue weighted by molar-refractivity contribution is 0.102. The van der Waals surface area contributed by atoms with Crippen molar-refractivity contribution in [3.63, 3.8) is 0 Å². The van der Waals surface area contributed by atoms with Gasteiger partial charge < -0.3 is 16.8 Å². The highest BCUT2D eigenvalue weighted by Gasteiger charge is 2.14. The molecule has 7 heteroatoms. The Morgan fingerprint density at radius 3 is 2.15 bits per heavy atom. The fourth-order valence-electron chi connectivity index (χ4n) is 1.63. The van der Waals surface area contributed by atoms with E-state index in [1.54, 1.807) is 6.07 Å². The highest BCUT2D eigenvalue weighted by molar-refractivity contribution is 6.42. The standard InChI is InChI=1S/C13H10Cl3N3O/c14-6-3-9(15)12(10(16)4-6)19-13(20)8-2-1-7(17)5-11(8)18/h1-5H,17-18H2,(H,19,20). The van der Waals surface area contributed by atoms with Crippen molar-refractivity contribution in [1.82, 2.24) is 0 Å². The molecule has 2 aromatic rings. The first-order chi connectivity index (χ1) is 9.38. The molecule has 0 saturated heterocycles. The number of amides is 1. The quantitative estimate of drug-likeness (QED) is 0.726. The Morgan fingerprint density at radius 1 is 1.00 bits per heavy atom. The third kappa shape index (κ3) is 3.10. The SMILES string of the molecule is Nc1ccc(C(=O)Nc2c(Cl)cc(Cl)cc2Cl)c(N)c1. The molecule has 20 heavy (non-hydrogen) atoms. The molecule has 0 aliphatic rings. The molecule has 0 aliphatic carbocycles. The van der Waals surface area contributed by atoms with Crippen molar-refractivity contribution in [2.24, 2.45) is 0 Å². The molecule has 1 amide bonds. The zero-order valence-electron chi connectivity index (χ0n) is 10.1. The molecule has 0 spiro atoms. The van der Waals surface area contributed by atoms with E-state index in [0.29, 0.717) is 10.7 Å². The lowest BCUT2D eigenvalue weighted by Crippen LogP contribution is -2.14. The number of anilines is 3. The van der Waals surface area contributed by atoms with E-state index in [1.165, 1.54) is 24.3 Å². The summed E-state index contributed by atoms with van der Waals surface area (Å²) in [7, 11) is 0. The average Bonchev–Trinajstić information content (AvgIpc) is 2.33. The van der Waals surface area contributed by atoms with Crippen molar-refractivity contribution in [1.29, 1.82) is 0 Å². The van der Waals surface area contributed by atoms with Crippen LogP contribution in [0.5, 0.6) is 0 Å². The lowest BCUT2D eigenvalue weighted by Gasteiger charge is -2.11. The van der Waals surface area contributed by atoms with Gasteiger partial charge in [-0.3, -0.25) is 4.79 Å². The molecule has 0 heterocycles. The fourth-order valence-corrected chi connectivity index (χ4v) is 2.54. The Balaban J connectivity index is 2.33. The Bertz CT molecular complexity index is 666. The van der Waals surface area contributed by atoms with Crippen LogP contribution in [0.2, 0.25) is 15.1 Å². The van der Waals surface area contributed by atoms with Crippen LogP contribution in [-0.4, -0.2) is 5.91 Å². The van der Waals surface area contributed by atoms with Crippen LogP contribution in [0, 0.1) is 0 Å². The van der Waals surface area contributed by atoms with Crippen LogP contribution in [0.15, 0.2) is 30.3 Å². The predicted octanol–water partition coefficient (Wildman–Crippen LogP) is 4.06. The number of nitrogen functional groups attached to an aromatic ring is 2. The monoisotopic (exact) mass is 329 g/mol. The average molecular weight is 331 g/mol. The van der Waals surface area contributed by atoms with Crippen LogP contribution >= 0.6 is 34.8 Å². The molecule has 0 radical (unpaired) electrons. The largest absolute Gasteiger partial charge is 0.399 e. The maximum Gasteiger partial charge on any atom is 0.257 e. The van der Waals surface area contributed by atoms with Gasteiger partial charge in [0.25, 0.3) is 5.91 Å². The highest BCUT2D eigenvalue weighted by Crippen LogP contribution is 2.34. The van der Waals surface area contributed by atoms with Gasteiger partial charge in [-0.05, 0) is 30.3 Å². The van der Waals surface area contributed by atoms with Crippen molar-refractivity contribution in [3.8, 4) is 0 Å². The number of carbonyl (C=O) groups excluding carboxylic acids is 1. The molecule has 0 atom stereocenters. The van der Waals surface area contributed by atoms with Crippen molar-refractivity contribution in [2.75, 3.05) is 16.8 Å². The minimum Gasteiger partial charge on any atom is -0.399 e. The van der Waals surface area contributed by atoms with Gasteiger partial charge >= 0.3 is 0 Å². The molecule has 2 aromatic carbocycles. The number of benzene rings is 2. The van der Waals surface area contributed by atoms with Crippen LogP contribution in [0.4, 0.5) is 17.1 Å². The van der Waals surface area contributed by atoms with Crippen molar-refractivity contribution in [3.05, 3.63) is 51.0 Å². The predicted molar refractivity (Wildman–Crippen MR) is 84.7 cm³/mol. The molecule has 5 N–H and O–H groups in total. The third-order valence-corrected chi connectivity index (χ3v) is 3.38. The molecule has 2 rings (SSSR count). The Morgan fingerprint density at radius 2 is 1.60 bits per heavy atom.